The van der Waals surface area contributed by atoms with Crippen molar-refractivity contribution in [1.29, 1.82) is 0 Å². The summed E-state index contributed by atoms with van der Waals surface area (Å²) >= 11 is 0. The van der Waals surface area contributed by atoms with Gasteiger partial charge in [-0.15, -0.1) is 0 Å². The molecule has 1 aliphatic carbocycles. The fourth-order valence-corrected chi connectivity index (χ4v) is 4.13. The Morgan fingerprint density at radius 2 is 1.76 bits per heavy atom. The van der Waals surface area contributed by atoms with Crippen LogP contribution in [0.3, 0.4) is 0 Å². The van der Waals surface area contributed by atoms with E-state index in [9.17, 15) is 14.4 Å². The van der Waals surface area contributed by atoms with Gasteiger partial charge in [0.1, 0.15) is 11.4 Å². The van der Waals surface area contributed by atoms with Crippen LogP contribution in [0, 0.1) is 0 Å². The van der Waals surface area contributed by atoms with Crippen molar-refractivity contribution in [3.63, 3.8) is 0 Å². The summed E-state index contributed by atoms with van der Waals surface area (Å²) in [7, 11) is 1.92. The van der Waals surface area contributed by atoms with Crippen LogP contribution >= 0.6 is 0 Å². The van der Waals surface area contributed by atoms with Gasteiger partial charge in [-0.1, -0.05) is 49.6 Å². The van der Waals surface area contributed by atoms with E-state index >= 15 is 0 Å². The van der Waals surface area contributed by atoms with E-state index in [-0.39, 0.29) is 36.8 Å². The number of nitrogens with two attached hydrogens (primary N) is 1. The molecule has 7 nitrogen and oxygen atoms in total. The Morgan fingerprint density at radius 3 is 2.38 bits per heavy atom. The molecule has 0 unspecified atom stereocenters. The summed E-state index contributed by atoms with van der Waals surface area (Å²) in [6.07, 6.45) is 5.68. The third-order valence-electron chi connectivity index (χ3n) is 5.84. The molecule has 1 aromatic carbocycles. The third kappa shape index (κ3) is 4.50. The van der Waals surface area contributed by atoms with E-state index in [1.807, 2.05) is 42.3 Å². The monoisotopic (exact) mass is 398 g/mol. The molecule has 1 aliphatic rings. The smallest absolute Gasteiger partial charge is 0.332 e. The van der Waals surface area contributed by atoms with Gasteiger partial charge < -0.3 is 5.73 Å². The molecule has 0 aliphatic heterocycles. The molecule has 1 fully saturated rings. The Morgan fingerprint density at radius 1 is 1.10 bits per heavy atom. The quantitative estimate of drug-likeness (QED) is 0.722. The van der Waals surface area contributed by atoms with E-state index in [0.717, 1.165) is 35.8 Å². The molecule has 0 amide bonds. The van der Waals surface area contributed by atoms with Gasteiger partial charge in [-0.05, 0) is 32.4 Å². The lowest BCUT2D eigenvalue weighted by molar-refractivity contribution is 0.0897. The van der Waals surface area contributed by atoms with Gasteiger partial charge in [-0.25, -0.2) is 4.79 Å². The minimum atomic E-state index is -0.596. The van der Waals surface area contributed by atoms with Crippen molar-refractivity contribution in [1.82, 2.24) is 14.0 Å². The van der Waals surface area contributed by atoms with Crippen LogP contribution in [0.2, 0.25) is 0 Å². The standard InChI is InChI=1S/C22H30N4O3/c1-3-25-21(28)19(18(27)15-24(2)17-12-8-5-9-13-17)20(23)26(22(25)29)14-16-10-6-4-7-11-16/h4,6-7,10-11,17H,3,5,8-9,12-15,23H2,1-2H3. The maximum Gasteiger partial charge on any atom is 0.332 e. The number of carbonyl (C=O) groups is 1. The summed E-state index contributed by atoms with van der Waals surface area (Å²) in [5.74, 6) is -0.375. The Hall–Kier alpha value is -2.67. The second-order valence-corrected chi connectivity index (χ2v) is 7.79. The second kappa shape index (κ2) is 9.22. The SMILES string of the molecule is CCn1c(=O)c(C(=O)CN(C)C2CCCCC2)c(N)n(Cc2ccccc2)c1=O. The number of ketones is 1. The molecule has 2 N–H and O–H groups in total. The molecule has 0 atom stereocenters. The van der Waals surface area contributed by atoms with Gasteiger partial charge in [0.2, 0.25) is 0 Å². The first-order chi connectivity index (χ1) is 13.9. The summed E-state index contributed by atoms with van der Waals surface area (Å²) in [5.41, 5.74) is 5.93. The van der Waals surface area contributed by atoms with E-state index < -0.39 is 11.2 Å². The highest BCUT2D eigenvalue weighted by Gasteiger charge is 2.26. The number of benzene rings is 1. The van der Waals surface area contributed by atoms with Gasteiger partial charge in [0, 0.05) is 12.6 Å². The summed E-state index contributed by atoms with van der Waals surface area (Å²) in [4.78, 5) is 40.8. The number of hydrogen-bond acceptors (Lipinski definition) is 5. The number of aromatic nitrogens is 2. The Balaban J connectivity index is 1.96. The summed E-state index contributed by atoms with van der Waals surface area (Å²) < 4.78 is 2.42. The van der Waals surface area contributed by atoms with Crippen molar-refractivity contribution in [3.05, 3.63) is 62.3 Å². The normalized spacial score (nSPS) is 15.0. The van der Waals surface area contributed by atoms with Gasteiger partial charge in [-0.2, -0.15) is 0 Å². The molecular formula is C22H30N4O3. The van der Waals surface area contributed by atoms with Crippen molar-refractivity contribution >= 4 is 11.6 Å². The zero-order valence-corrected chi connectivity index (χ0v) is 17.3. The van der Waals surface area contributed by atoms with Crippen LogP contribution in [-0.4, -0.2) is 39.5 Å². The maximum absolute atomic E-state index is 13.1. The summed E-state index contributed by atoms with van der Waals surface area (Å²) in [6.45, 7) is 2.24. The van der Waals surface area contributed by atoms with Gasteiger partial charge in [-0.3, -0.25) is 23.6 Å². The molecule has 1 saturated carbocycles. The predicted octanol–water partition coefficient (Wildman–Crippen LogP) is 2.11. The van der Waals surface area contributed by atoms with Gasteiger partial charge >= 0.3 is 5.69 Å². The van der Waals surface area contributed by atoms with E-state index in [1.165, 1.54) is 11.0 Å². The number of likely N-dealkylation sites (N-methyl/N-ethyl adjacent to an activating group) is 1. The van der Waals surface area contributed by atoms with Crippen LogP contribution in [0.1, 0.15) is 54.9 Å². The van der Waals surface area contributed by atoms with Crippen molar-refractivity contribution in [2.75, 3.05) is 19.3 Å². The van der Waals surface area contributed by atoms with Crippen molar-refractivity contribution in [2.45, 2.75) is 58.2 Å². The van der Waals surface area contributed by atoms with Crippen LogP contribution in [0.15, 0.2) is 39.9 Å². The fraction of sp³-hybridized carbons (Fsp3) is 0.500. The number of carbonyl (C=O) groups excluding carboxylic acids is 1. The number of hydrogen-bond donors (Lipinski definition) is 1. The fourth-order valence-electron chi connectivity index (χ4n) is 4.13. The average molecular weight is 399 g/mol. The highest BCUT2D eigenvalue weighted by molar-refractivity contribution is 6.01. The van der Waals surface area contributed by atoms with Crippen LogP contribution in [-0.2, 0) is 13.1 Å². The minimum Gasteiger partial charge on any atom is -0.384 e. The number of Topliss-reactive ketones (excluding diaryl/α,β-unsaturated/α-hetero) is 1. The minimum absolute atomic E-state index is 0.0457. The largest absolute Gasteiger partial charge is 0.384 e. The number of anilines is 1. The molecule has 2 aromatic rings. The molecule has 1 aromatic heterocycles. The molecule has 0 spiro atoms. The van der Waals surface area contributed by atoms with E-state index in [2.05, 4.69) is 0 Å². The van der Waals surface area contributed by atoms with Crippen LogP contribution in [0.5, 0.6) is 0 Å². The van der Waals surface area contributed by atoms with Gasteiger partial charge in [0.05, 0.1) is 13.1 Å². The predicted molar refractivity (Wildman–Crippen MR) is 114 cm³/mol. The molecule has 7 heteroatoms. The first-order valence-corrected chi connectivity index (χ1v) is 10.3. The number of nitrogens with zero attached hydrogens (tertiary/aromatic N) is 3. The Labute approximate surface area is 170 Å². The highest BCUT2D eigenvalue weighted by atomic mass is 16.2. The molecular weight excluding hydrogens is 368 g/mol. The summed E-state index contributed by atoms with van der Waals surface area (Å²) in [6, 6.07) is 9.74. The number of nitrogen functional groups attached to an aromatic ring is 1. The third-order valence-corrected chi connectivity index (χ3v) is 5.84. The Bertz CT molecular complexity index is 972. The lowest BCUT2D eigenvalue weighted by Gasteiger charge is -2.30. The molecule has 0 saturated heterocycles. The molecule has 3 rings (SSSR count). The zero-order valence-electron chi connectivity index (χ0n) is 17.3. The second-order valence-electron chi connectivity index (χ2n) is 7.79. The van der Waals surface area contributed by atoms with Crippen molar-refractivity contribution in [2.24, 2.45) is 0 Å². The van der Waals surface area contributed by atoms with E-state index in [1.54, 1.807) is 6.92 Å². The van der Waals surface area contributed by atoms with Crippen LogP contribution in [0.25, 0.3) is 0 Å². The maximum atomic E-state index is 13.1. The van der Waals surface area contributed by atoms with Crippen molar-refractivity contribution < 1.29 is 4.79 Å². The molecule has 0 bridgehead atoms. The Kier molecular flexibility index (Phi) is 6.69. The first-order valence-electron chi connectivity index (χ1n) is 10.3. The van der Waals surface area contributed by atoms with E-state index in [4.69, 9.17) is 5.73 Å². The van der Waals surface area contributed by atoms with Gasteiger partial charge in [0.15, 0.2) is 5.78 Å². The number of rotatable bonds is 7. The average Bonchev–Trinajstić information content (AvgIpc) is 2.73. The van der Waals surface area contributed by atoms with E-state index in [0.29, 0.717) is 6.04 Å². The topological polar surface area (TPSA) is 90.3 Å². The zero-order chi connectivity index (χ0) is 21.0. The summed E-state index contributed by atoms with van der Waals surface area (Å²) in [5, 5.41) is 0. The molecule has 29 heavy (non-hydrogen) atoms. The molecule has 0 radical (unpaired) electrons. The first kappa shape index (κ1) is 21.0. The molecule has 156 valence electrons. The highest BCUT2D eigenvalue weighted by Crippen LogP contribution is 2.22. The lowest BCUT2D eigenvalue weighted by atomic mass is 9.94. The lowest BCUT2D eigenvalue weighted by Crippen LogP contribution is -2.46. The van der Waals surface area contributed by atoms with Gasteiger partial charge in [0.25, 0.3) is 5.56 Å². The van der Waals surface area contributed by atoms with Crippen LogP contribution < -0.4 is 17.0 Å². The molecule has 1 heterocycles. The van der Waals surface area contributed by atoms with Crippen molar-refractivity contribution in [3.8, 4) is 0 Å². The van der Waals surface area contributed by atoms with Crippen LogP contribution in [0.4, 0.5) is 5.82 Å².